The van der Waals surface area contributed by atoms with Crippen LogP contribution < -0.4 is 9.47 Å². The van der Waals surface area contributed by atoms with Crippen LogP contribution in [0.25, 0.3) is 77.8 Å². The molecule has 0 saturated carbocycles. The molecule has 31 heteroatoms. The van der Waals surface area contributed by atoms with Gasteiger partial charge in [-0.05, 0) is 145 Å². The first-order valence-corrected chi connectivity index (χ1v) is 29.8. The minimum Gasteiger partial charge on any atom is -0.497 e. The average molecular weight is 1400 g/mol. The zero-order chi connectivity index (χ0) is 68.8. The van der Waals surface area contributed by atoms with Gasteiger partial charge in [-0.2, -0.15) is 23.5 Å². The molecule has 0 bridgehead atoms. The number of carboxylic acid groups (broad SMARTS) is 3. The van der Waals surface area contributed by atoms with Crippen LogP contribution in [0.5, 0.6) is 11.5 Å². The SMILES string of the molecule is CCOC(=O)c1nnn(Cc2ccc(OC)cc2)c1-c1ccc2cc(Cl)ccc2n1.COc1ccc(Cn2nnc(C(=O)O)c2-c2ccc3cc(Cl)ccc3n2)cc1.Clc1ccc2nc(Cl)ccc2c1.O=C(O)C(F)(F)F.O=C(O)c1n[nH]nc1-c1ccc2cc(Cl)ccc2n1. The summed E-state index contributed by atoms with van der Waals surface area (Å²) in [5.41, 5.74) is 7.33. The Bertz CT molecular complexity index is 4940. The Morgan fingerprint density at radius 3 is 1.25 bits per heavy atom. The van der Waals surface area contributed by atoms with E-state index in [1.54, 1.807) is 92.6 Å². The number of carbonyl (C=O) groups excluding carboxylic acids is 1. The van der Waals surface area contributed by atoms with E-state index in [1.807, 2.05) is 103 Å². The van der Waals surface area contributed by atoms with Crippen LogP contribution in [0.15, 0.2) is 170 Å². The van der Waals surface area contributed by atoms with Crippen molar-refractivity contribution < 1.29 is 61.9 Å². The van der Waals surface area contributed by atoms with Crippen LogP contribution in [-0.2, 0) is 22.6 Å². The van der Waals surface area contributed by atoms with E-state index in [2.05, 4.69) is 51.0 Å². The second-order valence-electron chi connectivity index (χ2n) is 19.8. The van der Waals surface area contributed by atoms with Crippen molar-refractivity contribution in [2.45, 2.75) is 26.2 Å². The van der Waals surface area contributed by atoms with Gasteiger partial charge in [0.1, 0.15) is 33.7 Å². The number of methoxy groups -OCH3 is 2. The zero-order valence-corrected chi connectivity index (χ0v) is 53.7. The van der Waals surface area contributed by atoms with Gasteiger partial charge in [-0.1, -0.05) is 111 Å². The van der Waals surface area contributed by atoms with Crippen molar-refractivity contribution in [2.24, 2.45) is 0 Å². The van der Waals surface area contributed by atoms with E-state index in [0.717, 1.165) is 55.2 Å². The van der Waals surface area contributed by atoms with Gasteiger partial charge in [-0.25, -0.2) is 48.5 Å². The topological polar surface area (TPSA) is 311 Å². The Morgan fingerprint density at radius 1 is 0.479 bits per heavy atom. The number of H-pyrrole nitrogens is 1. The van der Waals surface area contributed by atoms with E-state index in [0.29, 0.717) is 77.8 Å². The highest BCUT2D eigenvalue weighted by atomic mass is 35.5. The number of nitrogens with one attached hydrogen (secondary N) is 1. The summed E-state index contributed by atoms with van der Waals surface area (Å²) >= 11 is 29.5. The quantitative estimate of drug-likeness (QED) is 0.0615. The molecule has 0 fully saturated rings. The van der Waals surface area contributed by atoms with Crippen molar-refractivity contribution in [1.29, 1.82) is 0 Å². The number of carbonyl (C=O) groups is 4. The lowest BCUT2D eigenvalue weighted by molar-refractivity contribution is -0.192. The van der Waals surface area contributed by atoms with E-state index in [-0.39, 0.29) is 29.4 Å². The number of alkyl halides is 3. The normalized spacial score (nSPS) is 10.9. The van der Waals surface area contributed by atoms with Crippen molar-refractivity contribution in [1.82, 2.24) is 65.3 Å². The molecular formula is C65H47Cl5F3N13O10. The summed E-state index contributed by atoms with van der Waals surface area (Å²) in [4.78, 5) is 61.8. The van der Waals surface area contributed by atoms with Gasteiger partial charge in [0, 0.05) is 41.6 Å². The predicted octanol–water partition coefficient (Wildman–Crippen LogP) is 14.8. The fourth-order valence-corrected chi connectivity index (χ4v) is 9.83. The molecule has 7 aromatic heterocycles. The Balaban J connectivity index is 0.000000151. The summed E-state index contributed by atoms with van der Waals surface area (Å²) in [6.07, 6.45) is -5.08. The summed E-state index contributed by atoms with van der Waals surface area (Å²) in [5.74, 6) is -4.10. The third-order valence-electron chi connectivity index (χ3n) is 13.4. The van der Waals surface area contributed by atoms with Crippen LogP contribution in [0.1, 0.15) is 49.5 Å². The highest BCUT2D eigenvalue weighted by Gasteiger charge is 2.38. The molecule has 0 aliphatic rings. The summed E-state index contributed by atoms with van der Waals surface area (Å²) in [7, 11) is 3.22. The third kappa shape index (κ3) is 17.7. The number of aromatic amines is 1. The second kappa shape index (κ2) is 31.4. The number of nitrogens with zero attached hydrogens (tertiary/aromatic N) is 12. The van der Waals surface area contributed by atoms with E-state index >= 15 is 0 Å². The molecule has 0 saturated heterocycles. The standard InChI is InChI=1S/C22H19ClN4O3.C20H15ClN4O3.C12H7ClN4O2.C9H5Cl2N.C2HF3O2/c1-3-30-22(28)20-21(19-10-6-15-12-16(23)7-11-18(15)24-19)27(26-25-20)13-14-4-8-17(29-2)9-5-14;1-28-15-6-2-12(3-7-15)11-25-19(18(20(26)27)23-24-25)17-8-4-13-10-14(21)5-9-16(13)22-17;13-7-2-4-8-6(5-7)1-3-9(14-8)10-11(12(18)19)16-17-15-10;10-7-2-3-8-6(5-7)1-4-9(11)12-8;3-2(4,5)1(6)7/h4-12H,3,13H2,1-2H3;2-10H,11H2,1H3,(H,26,27);1-5H,(H,18,19)(H,15,16,17);1-5H;(H,6,7). The van der Waals surface area contributed by atoms with Crippen LogP contribution >= 0.6 is 58.0 Å². The van der Waals surface area contributed by atoms with Gasteiger partial charge in [0.15, 0.2) is 17.1 Å². The number of carboxylic acids is 3. The number of hydrogen-bond acceptors (Lipinski definition) is 17. The lowest BCUT2D eigenvalue weighted by atomic mass is 10.1. The molecule has 13 aromatic rings. The van der Waals surface area contributed by atoms with Crippen molar-refractivity contribution in [3.05, 3.63) is 223 Å². The maximum absolute atomic E-state index is 12.5. The largest absolute Gasteiger partial charge is 0.497 e. The molecule has 96 heavy (non-hydrogen) atoms. The lowest BCUT2D eigenvalue weighted by Gasteiger charge is -2.09. The van der Waals surface area contributed by atoms with Crippen LogP contribution in [0, 0.1) is 0 Å². The number of ether oxygens (including phenoxy) is 3. The van der Waals surface area contributed by atoms with Crippen LogP contribution in [0.3, 0.4) is 0 Å². The fourth-order valence-electron chi connectivity index (χ4n) is 8.96. The number of halogens is 8. The van der Waals surface area contributed by atoms with Crippen LogP contribution in [0.4, 0.5) is 13.2 Å². The third-order valence-corrected chi connectivity index (χ3v) is 14.6. The average Bonchev–Trinajstić information content (AvgIpc) is 1.54. The molecule has 0 spiro atoms. The van der Waals surface area contributed by atoms with Crippen molar-refractivity contribution >= 4 is 125 Å². The molecule has 0 amide bonds. The molecule has 0 atom stereocenters. The van der Waals surface area contributed by atoms with Crippen molar-refractivity contribution in [3.8, 4) is 45.7 Å². The second-order valence-corrected chi connectivity index (χ2v) is 21.9. The molecule has 0 unspecified atom stereocenters. The predicted molar refractivity (Wildman–Crippen MR) is 353 cm³/mol. The maximum atomic E-state index is 12.5. The Labute approximate surface area is 565 Å². The highest BCUT2D eigenvalue weighted by molar-refractivity contribution is 6.32. The number of fused-ring (bicyclic) bond motifs is 4. The zero-order valence-electron chi connectivity index (χ0n) is 49.9. The molecule has 488 valence electrons. The molecule has 0 aliphatic heterocycles. The maximum Gasteiger partial charge on any atom is 0.490 e. The molecule has 0 aliphatic carbocycles. The van der Waals surface area contributed by atoms with E-state index in [9.17, 15) is 32.7 Å². The van der Waals surface area contributed by atoms with Gasteiger partial charge in [0.25, 0.3) is 0 Å². The van der Waals surface area contributed by atoms with Gasteiger partial charge < -0.3 is 29.5 Å². The molecular weight excluding hydrogens is 1360 g/mol. The lowest BCUT2D eigenvalue weighted by Crippen LogP contribution is -2.21. The van der Waals surface area contributed by atoms with E-state index in [1.165, 1.54) is 4.68 Å². The number of rotatable bonds is 13. The molecule has 4 N–H and O–H groups in total. The number of aromatic carboxylic acids is 2. The summed E-state index contributed by atoms with van der Waals surface area (Å²) < 4.78 is 50.5. The first-order valence-electron chi connectivity index (χ1n) is 27.9. The van der Waals surface area contributed by atoms with Crippen LogP contribution in [0.2, 0.25) is 25.2 Å². The first kappa shape index (κ1) is 69.4. The van der Waals surface area contributed by atoms with E-state index in [4.69, 9.17) is 92.2 Å². The Morgan fingerprint density at radius 2 is 0.854 bits per heavy atom. The highest BCUT2D eigenvalue weighted by Crippen LogP contribution is 2.30. The molecule has 7 heterocycles. The van der Waals surface area contributed by atoms with Gasteiger partial charge >= 0.3 is 30.1 Å². The number of aliphatic carboxylic acids is 1. The fraction of sp³-hybridized carbons (Fsp3) is 0.108. The summed E-state index contributed by atoms with van der Waals surface area (Å²) in [5, 5.41) is 58.3. The Kier molecular flexibility index (Phi) is 22.7. The van der Waals surface area contributed by atoms with E-state index < -0.39 is 30.1 Å². The number of pyridine rings is 4. The van der Waals surface area contributed by atoms with Crippen molar-refractivity contribution in [2.75, 3.05) is 20.8 Å². The molecule has 23 nitrogen and oxygen atoms in total. The minimum atomic E-state index is -5.08. The number of hydrogen-bond donors (Lipinski definition) is 4. The molecule has 6 aromatic carbocycles. The smallest absolute Gasteiger partial charge is 0.490 e. The number of benzene rings is 6. The van der Waals surface area contributed by atoms with Gasteiger partial charge in [0.2, 0.25) is 0 Å². The summed E-state index contributed by atoms with van der Waals surface area (Å²) in [6.45, 7) is 2.75. The van der Waals surface area contributed by atoms with Crippen molar-refractivity contribution in [3.63, 3.8) is 0 Å². The first-order chi connectivity index (χ1) is 46.0. The van der Waals surface area contributed by atoms with Gasteiger partial charge in [-0.3, -0.25) is 0 Å². The monoisotopic (exact) mass is 1400 g/mol. The number of esters is 1. The number of aromatic nitrogens is 13. The van der Waals surface area contributed by atoms with Gasteiger partial charge in [-0.15, -0.1) is 15.3 Å². The Hall–Kier alpha value is -10.9. The summed E-state index contributed by atoms with van der Waals surface area (Å²) in [6, 6.07) is 51.1. The molecule has 13 rings (SSSR count). The van der Waals surface area contributed by atoms with Crippen LogP contribution in [-0.4, -0.2) is 132 Å². The minimum absolute atomic E-state index is 0.131. The van der Waals surface area contributed by atoms with Gasteiger partial charge in [0.05, 0.1) is 73.1 Å². The molecule has 0 radical (unpaired) electrons.